The van der Waals surface area contributed by atoms with Crippen molar-refractivity contribution in [1.29, 1.82) is 0 Å². The molecule has 0 bridgehead atoms. The van der Waals surface area contributed by atoms with Crippen LogP contribution in [-0.4, -0.2) is 33.9 Å². The third-order valence-electron chi connectivity index (χ3n) is 3.55. The SMILES string of the molecule is CCOc1cc(C2CCCNC2)c(OC)cc1OC. The maximum atomic E-state index is 5.66. The molecule has 4 nitrogen and oxygen atoms in total. The van der Waals surface area contributed by atoms with Crippen molar-refractivity contribution in [3.63, 3.8) is 0 Å². The maximum Gasteiger partial charge on any atom is 0.164 e. The van der Waals surface area contributed by atoms with Gasteiger partial charge in [-0.1, -0.05) is 0 Å². The lowest BCUT2D eigenvalue weighted by Crippen LogP contribution is -2.28. The molecular weight excluding hydrogens is 242 g/mol. The molecule has 0 aromatic heterocycles. The Morgan fingerprint density at radius 2 is 1.95 bits per heavy atom. The first-order chi connectivity index (χ1) is 9.30. The summed E-state index contributed by atoms with van der Waals surface area (Å²) in [6, 6.07) is 3.99. The molecule has 2 rings (SSSR count). The molecule has 1 N–H and O–H groups in total. The van der Waals surface area contributed by atoms with Crippen LogP contribution in [0.1, 0.15) is 31.2 Å². The Labute approximate surface area is 115 Å². The van der Waals surface area contributed by atoms with Crippen LogP contribution in [0.15, 0.2) is 12.1 Å². The first-order valence-corrected chi connectivity index (χ1v) is 6.89. The van der Waals surface area contributed by atoms with Gasteiger partial charge in [-0.3, -0.25) is 0 Å². The summed E-state index contributed by atoms with van der Waals surface area (Å²) in [5.74, 6) is 2.89. The minimum absolute atomic E-state index is 0.480. The highest BCUT2D eigenvalue weighted by Gasteiger charge is 2.21. The number of rotatable bonds is 5. The van der Waals surface area contributed by atoms with E-state index in [1.165, 1.54) is 18.4 Å². The zero-order valence-electron chi connectivity index (χ0n) is 12.0. The van der Waals surface area contributed by atoms with Crippen LogP contribution in [0.25, 0.3) is 0 Å². The fourth-order valence-electron chi connectivity index (χ4n) is 2.60. The number of piperidine rings is 1. The lowest BCUT2D eigenvalue weighted by molar-refractivity contribution is 0.306. The van der Waals surface area contributed by atoms with Gasteiger partial charge in [0.15, 0.2) is 11.5 Å². The molecule has 1 aromatic rings. The van der Waals surface area contributed by atoms with Crippen molar-refractivity contribution >= 4 is 0 Å². The summed E-state index contributed by atoms with van der Waals surface area (Å²) in [5, 5.41) is 3.44. The number of ether oxygens (including phenoxy) is 3. The molecule has 0 amide bonds. The Kier molecular flexibility index (Phi) is 4.91. The quantitative estimate of drug-likeness (QED) is 0.888. The monoisotopic (exact) mass is 265 g/mol. The van der Waals surface area contributed by atoms with E-state index in [-0.39, 0.29) is 0 Å². The fraction of sp³-hybridized carbons (Fsp3) is 0.600. The van der Waals surface area contributed by atoms with E-state index >= 15 is 0 Å². The average Bonchev–Trinajstić information content (AvgIpc) is 2.48. The van der Waals surface area contributed by atoms with Crippen molar-refractivity contribution in [2.75, 3.05) is 33.9 Å². The average molecular weight is 265 g/mol. The van der Waals surface area contributed by atoms with E-state index < -0.39 is 0 Å². The molecule has 1 saturated heterocycles. The van der Waals surface area contributed by atoms with Gasteiger partial charge in [0.25, 0.3) is 0 Å². The summed E-state index contributed by atoms with van der Waals surface area (Å²) < 4.78 is 16.5. The van der Waals surface area contributed by atoms with Gasteiger partial charge in [0.2, 0.25) is 0 Å². The molecule has 19 heavy (non-hydrogen) atoms. The molecule has 106 valence electrons. The standard InChI is InChI=1S/C15H23NO3/c1-4-19-15-8-12(11-6-5-7-16-10-11)13(17-2)9-14(15)18-3/h8-9,11,16H,4-7,10H2,1-3H3. The summed E-state index contributed by atoms with van der Waals surface area (Å²) in [5.41, 5.74) is 1.21. The summed E-state index contributed by atoms with van der Waals surface area (Å²) in [6.45, 7) is 4.71. The van der Waals surface area contributed by atoms with Gasteiger partial charge < -0.3 is 19.5 Å². The van der Waals surface area contributed by atoms with Crippen LogP contribution in [0.2, 0.25) is 0 Å². The van der Waals surface area contributed by atoms with E-state index in [9.17, 15) is 0 Å². The van der Waals surface area contributed by atoms with Gasteiger partial charge in [0, 0.05) is 24.1 Å². The number of hydrogen-bond donors (Lipinski definition) is 1. The fourth-order valence-corrected chi connectivity index (χ4v) is 2.60. The number of methoxy groups -OCH3 is 2. The highest BCUT2D eigenvalue weighted by molar-refractivity contribution is 5.52. The zero-order chi connectivity index (χ0) is 13.7. The first-order valence-electron chi connectivity index (χ1n) is 6.89. The Balaban J connectivity index is 2.36. The van der Waals surface area contributed by atoms with Crippen LogP contribution in [0, 0.1) is 0 Å². The van der Waals surface area contributed by atoms with E-state index in [0.717, 1.165) is 30.3 Å². The van der Waals surface area contributed by atoms with Crippen molar-refractivity contribution in [3.05, 3.63) is 17.7 Å². The molecule has 1 heterocycles. The summed E-state index contributed by atoms with van der Waals surface area (Å²) in [7, 11) is 3.36. The van der Waals surface area contributed by atoms with E-state index in [0.29, 0.717) is 12.5 Å². The molecule has 1 aliphatic heterocycles. The van der Waals surface area contributed by atoms with E-state index in [4.69, 9.17) is 14.2 Å². The second-order valence-corrected chi connectivity index (χ2v) is 4.72. The van der Waals surface area contributed by atoms with Crippen molar-refractivity contribution in [1.82, 2.24) is 5.32 Å². The smallest absolute Gasteiger partial charge is 0.164 e. The second-order valence-electron chi connectivity index (χ2n) is 4.72. The minimum atomic E-state index is 0.480. The van der Waals surface area contributed by atoms with E-state index in [1.54, 1.807) is 14.2 Å². The van der Waals surface area contributed by atoms with E-state index in [1.807, 2.05) is 13.0 Å². The molecule has 1 aliphatic rings. The Morgan fingerprint density at radius 1 is 1.16 bits per heavy atom. The largest absolute Gasteiger partial charge is 0.496 e. The maximum absolute atomic E-state index is 5.66. The summed E-state index contributed by atoms with van der Waals surface area (Å²) in [6.07, 6.45) is 2.38. The lowest BCUT2D eigenvalue weighted by Gasteiger charge is -2.25. The normalized spacial score (nSPS) is 19.0. The predicted octanol–water partition coefficient (Wildman–Crippen LogP) is 2.57. The third-order valence-corrected chi connectivity index (χ3v) is 3.55. The van der Waals surface area contributed by atoms with Crippen LogP contribution in [0.4, 0.5) is 0 Å². The Hall–Kier alpha value is -1.42. The van der Waals surface area contributed by atoms with Gasteiger partial charge in [-0.25, -0.2) is 0 Å². The van der Waals surface area contributed by atoms with Crippen LogP contribution < -0.4 is 19.5 Å². The molecule has 1 unspecified atom stereocenters. The number of benzene rings is 1. The predicted molar refractivity (Wildman–Crippen MR) is 75.6 cm³/mol. The third kappa shape index (κ3) is 3.13. The molecule has 0 aliphatic carbocycles. The number of nitrogens with one attached hydrogen (secondary N) is 1. The van der Waals surface area contributed by atoms with Gasteiger partial charge in [-0.2, -0.15) is 0 Å². The van der Waals surface area contributed by atoms with Crippen LogP contribution in [0.3, 0.4) is 0 Å². The van der Waals surface area contributed by atoms with Crippen molar-refractivity contribution in [2.45, 2.75) is 25.7 Å². The van der Waals surface area contributed by atoms with Crippen molar-refractivity contribution in [2.24, 2.45) is 0 Å². The first kappa shape index (κ1) is 14.0. The van der Waals surface area contributed by atoms with Gasteiger partial charge in [-0.05, 0) is 32.4 Å². The molecule has 0 radical (unpaired) electrons. The molecular formula is C15H23NO3. The molecule has 1 aromatic carbocycles. The summed E-state index contributed by atoms with van der Waals surface area (Å²) in [4.78, 5) is 0. The highest BCUT2D eigenvalue weighted by Crippen LogP contribution is 2.39. The molecule has 0 spiro atoms. The van der Waals surface area contributed by atoms with E-state index in [2.05, 4.69) is 11.4 Å². The van der Waals surface area contributed by atoms with Gasteiger partial charge in [-0.15, -0.1) is 0 Å². The van der Waals surface area contributed by atoms with Crippen LogP contribution in [0.5, 0.6) is 17.2 Å². The molecule has 4 heteroatoms. The molecule has 1 atom stereocenters. The number of hydrogen-bond acceptors (Lipinski definition) is 4. The van der Waals surface area contributed by atoms with Gasteiger partial charge >= 0.3 is 0 Å². The van der Waals surface area contributed by atoms with Crippen molar-refractivity contribution in [3.8, 4) is 17.2 Å². The van der Waals surface area contributed by atoms with Crippen LogP contribution in [-0.2, 0) is 0 Å². The lowest BCUT2D eigenvalue weighted by atomic mass is 9.90. The summed E-state index contributed by atoms with van der Waals surface area (Å²) >= 11 is 0. The minimum Gasteiger partial charge on any atom is -0.496 e. The van der Waals surface area contributed by atoms with Gasteiger partial charge in [0.1, 0.15) is 5.75 Å². The van der Waals surface area contributed by atoms with Crippen LogP contribution >= 0.6 is 0 Å². The van der Waals surface area contributed by atoms with Crippen molar-refractivity contribution < 1.29 is 14.2 Å². The molecule has 0 saturated carbocycles. The van der Waals surface area contributed by atoms with Gasteiger partial charge in [0.05, 0.1) is 20.8 Å². The second kappa shape index (κ2) is 6.66. The highest BCUT2D eigenvalue weighted by atomic mass is 16.5. The topological polar surface area (TPSA) is 39.7 Å². The zero-order valence-corrected chi connectivity index (χ0v) is 12.0. The Bertz CT molecular complexity index is 414. The molecule has 1 fully saturated rings. The Morgan fingerprint density at radius 3 is 2.53 bits per heavy atom.